The van der Waals surface area contributed by atoms with E-state index in [1.165, 1.54) is 10.6 Å². The maximum Gasteiger partial charge on any atom is 0.356 e. The van der Waals surface area contributed by atoms with Gasteiger partial charge in [0.2, 0.25) is 5.78 Å². The van der Waals surface area contributed by atoms with Gasteiger partial charge >= 0.3 is 5.97 Å². The van der Waals surface area contributed by atoms with Crippen molar-refractivity contribution in [2.75, 3.05) is 0 Å². The second-order valence-corrected chi connectivity index (χ2v) is 2.78. The second-order valence-electron chi connectivity index (χ2n) is 2.39. The molecule has 13 heavy (non-hydrogen) atoms. The summed E-state index contributed by atoms with van der Waals surface area (Å²) in [6.45, 7) is 0. The van der Waals surface area contributed by atoms with Crippen molar-refractivity contribution in [3.05, 3.63) is 29.3 Å². The summed E-state index contributed by atoms with van der Waals surface area (Å²) in [6.07, 6.45) is 2.98. The van der Waals surface area contributed by atoms with Crippen LogP contribution in [0.2, 0.25) is 5.15 Å². The summed E-state index contributed by atoms with van der Waals surface area (Å²) in [7, 11) is 0. The first-order valence-electron chi connectivity index (χ1n) is 3.41. The molecule has 0 fully saturated rings. The monoisotopic (exact) mass is 197 g/mol. The molecular weight excluding hydrogens is 194 g/mol. The molecule has 0 spiro atoms. The number of hydrogen-bond donors (Lipinski definition) is 1. The van der Waals surface area contributed by atoms with Crippen LogP contribution in [0.5, 0.6) is 0 Å². The first kappa shape index (κ1) is 8.00. The first-order chi connectivity index (χ1) is 6.16. The van der Waals surface area contributed by atoms with Crippen LogP contribution in [0.1, 0.15) is 10.5 Å². The van der Waals surface area contributed by atoms with E-state index in [0.29, 0.717) is 0 Å². The number of hydrogen-bond acceptors (Lipinski definition) is 3. The van der Waals surface area contributed by atoms with Crippen LogP contribution in [0.25, 0.3) is 5.78 Å². The topological polar surface area (TPSA) is 67.5 Å². The predicted octanol–water partition coefficient (Wildman–Crippen LogP) is 1.08. The van der Waals surface area contributed by atoms with Crippen molar-refractivity contribution < 1.29 is 9.90 Å². The van der Waals surface area contributed by atoms with Crippen LogP contribution < -0.4 is 0 Å². The molecule has 0 saturated heterocycles. The number of imidazole rings is 1. The van der Waals surface area contributed by atoms with Gasteiger partial charge in [-0.3, -0.25) is 4.40 Å². The molecule has 0 radical (unpaired) electrons. The number of nitrogens with zero attached hydrogens (tertiary/aromatic N) is 3. The van der Waals surface area contributed by atoms with Crippen molar-refractivity contribution in [2.24, 2.45) is 0 Å². The van der Waals surface area contributed by atoms with Crippen LogP contribution in [0.15, 0.2) is 18.5 Å². The molecule has 5 nitrogen and oxygen atoms in total. The fourth-order valence-corrected chi connectivity index (χ4v) is 1.09. The van der Waals surface area contributed by atoms with Crippen LogP contribution in [-0.2, 0) is 0 Å². The fraction of sp³-hybridized carbons (Fsp3) is 0. The lowest BCUT2D eigenvalue weighted by atomic mass is 10.5. The summed E-state index contributed by atoms with van der Waals surface area (Å²) in [5, 5.41) is 8.91. The third-order valence-corrected chi connectivity index (χ3v) is 1.72. The maximum atomic E-state index is 10.5. The molecule has 0 saturated carbocycles. The van der Waals surface area contributed by atoms with E-state index in [-0.39, 0.29) is 16.6 Å². The number of aromatic carboxylic acids is 1. The van der Waals surface area contributed by atoms with Crippen LogP contribution in [-0.4, -0.2) is 25.4 Å². The Morgan fingerprint density at radius 1 is 1.54 bits per heavy atom. The zero-order valence-electron chi connectivity index (χ0n) is 6.31. The zero-order chi connectivity index (χ0) is 9.42. The summed E-state index contributed by atoms with van der Waals surface area (Å²) in [5.41, 5.74) is -0.0465. The summed E-state index contributed by atoms with van der Waals surface area (Å²) in [5.74, 6) is -0.800. The number of aromatic nitrogens is 3. The van der Waals surface area contributed by atoms with Crippen molar-refractivity contribution in [3.8, 4) is 0 Å². The highest BCUT2D eigenvalue weighted by Crippen LogP contribution is 2.07. The Morgan fingerprint density at radius 2 is 2.31 bits per heavy atom. The molecule has 2 aromatic heterocycles. The number of carboxylic acid groups (broad SMARTS) is 1. The van der Waals surface area contributed by atoms with Crippen molar-refractivity contribution in [1.82, 2.24) is 14.4 Å². The average molecular weight is 198 g/mol. The molecule has 0 aliphatic rings. The molecule has 2 heterocycles. The molecular formula is C7H4ClN3O2. The third kappa shape index (κ3) is 1.33. The average Bonchev–Trinajstić information content (AvgIpc) is 2.46. The highest BCUT2D eigenvalue weighted by molar-refractivity contribution is 6.29. The highest BCUT2D eigenvalue weighted by Gasteiger charge is 2.08. The van der Waals surface area contributed by atoms with Gasteiger partial charge in [-0.1, -0.05) is 11.6 Å². The third-order valence-electron chi connectivity index (χ3n) is 1.51. The highest BCUT2D eigenvalue weighted by atomic mass is 35.5. The SMILES string of the molecule is O=C(O)c1cn2ccc(Cl)nc2n1. The minimum Gasteiger partial charge on any atom is -0.476 e. The zero-order valence-corrected chi connectivity index (χ0v) is 7.06. The van der Waals surface area contributed by atoms with Gasteiger partial charge in [0.15, 0.2) is 5.69 Å². The smallest absolute Gasteiger partial charge is 0.356 e. The minimum atomic E-state index is -1.08. The van der Waals surface area contributed by atoms with Crippen molar-refractivity contribution in [2.45, 2.75) is 0 Å². The fourth-order valence-electron chi connectivity index (χ4n) is 0.954. The Morgan fingerprint density at radius 3 is 3.00 bits per heavy atom. The molecule has 0 unspecified atom stereocenters. The molecule has 6 heteroatoms. The molecule has 0 aliphatic heterocycles. The minimum absolute atomic E-state index is 0.0465. The Labute approximate surface area is 77.6 Å². The Kier molecular flexibility index (Phi) is 1.66. The standard InChI is InChI=1S/C7H4ClN3O2/c8-5-1-2-11-3-4(6(12)13)9-7(11)10-5/h1-3H,(H,12,13). The van der Waals surface area contributed by atoms with Crippen LogP contribution in [0.3, 0.4) is 0 Å². The van der Waals surface area contributed by atoms with E-state index in [0.717, 1.165) is 0 Å². The van der Waals surface area contributed by atoms with Crippen LogP contribution in [0.4, 0.5) is 0 Å². The number of halogens is 1. The first-order valence-corrected chi connectivity index (χ1v) is 3.79. The Bertz CT molecular complexity index is 480. The lowest BCUT2D eigenvalue weighted by Crippen LogP contribution is -1.95. The van der Waals surface area contributed by atoms with Gasteiger partial charge in [-0.25, -0.2) is 14.8 Å². The quantitative estimate of drug-likeness (QED) is 0.695. The second kappa shape index (κ2) is 2.70. The van der Waals surface area contributed by atoms with E-state index in [4.69, 9.17) is 16.7 Å². The van der Waals surface area contributed by atoms with E-state index in [2.05, 4.69) is 9.97 Å². The number of carboxylic acids is 1. The normalized spacial score (nSPS) is 10.5. The van der Waals surface area contributed by atoms with Gasteiger partial charge in [-0.15, -0.1) is 0 Å². The predicted molar refractivity (Wildman–Crippen MR) is 45.0 cm³/mol. The van der Waals surface area contributed by atoms with Crippen LogP contribution >= 0.6 is 11.6 Å². The molecule has 66 valence electrons. The summed E-state index contributed by atoms with van der Waals surface area (Å²) in [4.78, 5) is 18.1. The van der Waals surface area contributed by atoms with E-state index in [9.17, 15) is 4.79 Å². The summed E-state index contributed by atoms with van der Waals surface area (Å²) in [6, 6.07) is 1.56. The number of fused-ring (bicyclic) bond motifs is 1. The molecule has 0 aliphatic carbocycles. The van der Waals surface area contributed by atoms with Crippen molar-refractivity contribution in [1.29, 1.82) is 0 Å². The molecule has 0 amide bonds. The Hall–Kier alpha value is -1.62. The lowest BCUT2D eigenvalue weighted by molar-refractivity contribution is 0.0691. The number of carbonyl (C=O) groups is 1. The molecule has 0 aromatic carbocycles. The Balaban J connectivity index is 2.68. The summed E-state index contributed by atoms with van der Waals surface area (Å²) >= 11 is 5.60. The van der Waals surface area contributed by atoms with E-state index >= 15 is 0 Å². The van der Waals surface area contributed by atoms with E-state index < -0.39 is 5.97 Å². The molecule has 2 rings (SSSR count). The largest absolute Gasteiger partial charge is 0.476 e. The van der Waals surface area contributed by atoms with Gasteiger partial charge < -0.3 is 5.11 Å². The summed E-state index contributed by atoms with van der Waals surface area (Å²) < 4.78 is 1.50. The van der Waals surface area contributed by atoms with Gasteiger partial charge in [-0.05, 0) is 6.07 Å². The van der Waals surface area contributed by atoms with Gasteiger partial charge in [-0.2, -0.15) is 0 Å². The van der Waals surface area contributed by atoms with Gasteiger partial charge in [0.05, 0.1) is 0 Å². The van der Waals surface area contributed by atoms with Crippen LogP contribution in [0, 0.1) is 0 Å². The molecule has 0 bridgehead atoms. The van der Waals surface area contributed by atoms with E-state index in [1.807, 2.05) is 0 Å². The molecule has 1 N–H and O–H groups in total. The number of rotatable bonds is 1. The van der Waals surface area contributed by atoms with Crippen molar-refractivity contribution >= 4 is 23.3 Å². The van der Waals surface area contributed by atoms with Gasteiger partial charge in [0.1, 0.15) is 5.15 Å². The van der Waals surface area contributed by atoms with Gasteiger partial charge in [0.25, 0.3) is 0 Å². The van der Waals surface area contributed by atoms with Crippen molar-refractivity contribution in [3.63, 3.8) is 0 Å². The van der Waals surface area contributed by atoms with Gasteiger partial charge in [0, 0.05) is 12.4 Å². The molecule has 0 atom stereocenters. The molecule has 2 aromatic rings. The van der Waals surface area contributed by atoms with E-state index in [1.54, 1.807) is 12.3 Å². The maximum absolute atomic E-state index is 10.5. The lowest BCUT2D eigenvalue weighted by Gasteiger charge is -1.89.